The lowest BCUT2D eigenvalue weighted by atomic mass is 10.2. The Balaban J connectivity index is 1.69. The second-order valence-electron chi connectivity index (χ2n) is 9.49. The van der Waals surface area contributed by atoms with Crippen LogP contribution in [0.25, 0.3) is 0 Å². The highest BCUT2D eigenvalue weighted by atomic mass is 35.5. The van der Waals surface area contributed by atoms with Gasteiger partial charge in [0.2, 0.25) is 17.7 Å². The van der Waals surface area contributed by atoms with E-state index in [2.05, 4.69) is 52.3 Å². The van der Waals surface area contributed by atoms with Crippen LogP contribution in [0.1, 0.15) is 13.8 Å². The van der Waals surface area contributed by atoms with Crippen molar-refractivity contribution in [2.75, 3.05) is 61.2 Å². The molecule has 0 bridgehead atoms. The fraction of sp³-hybridized carbons (Fsp3) is 0.346. The number of carbonyl (C=O) groups excluding carboxylic acids is 1. The van der Waals surface area contributed by atoms with Crippen LogP contribution in [0.2, 0.25) is 5.02 Å². The smallest absolute Gasteiger partial charge is 0.247 e. The number of ether oxygens (including phenoxy) is 1. The molecule has 0 aliphatic carbocycles. The molecule has 3 aromatic rings. The van der Waals surface area contributed by atoms with Gasteiger partial charge in [0.1, 0.15) is 10.7 Å². The number of sulfone groups is 1. The van der Waals surface area contributed by atoms with Crippen molar-refractivity contribution >= 4 is 62.0 Å². The molecular weight excluding hydrogens is 570 g/mol. The molecule has 1 saturated heterocycles. The standard InChI is InChI=1S/C26H32ClN9O4S/c1-6-21(37)30-19-14-20(24(40-5)34-23(19)36-12-10-35(4)11-13-36)32-26-29-15-17(27)22(33-26)31-18-8-7-9-28-25(18)41(38,39)16(2)3/h6-9,14-16H,1,10-13H2,2-5H3,(H,30,37)(H2,29,31,32,33). The minimum absolute atomic E-state index is 0.113. The quantitative estimate of drug-likeness (QED) is 0.291. The van der Waals surface area contributed by atoms with Crippen LogP contribution in [0.4, 0.5) is 34.6 Å². The van der Waals surface area contributed by atoms with Crippen LogP contribution in [0, 0.1) is 0 Å². The predicted molar refractivity (Wildman–Crippen MR) is 159 cm³/mol. The average Bonchev–Trinajstić information content (AvgIpc) is 2.95. The number of hydrogen-bond donors (Lipinski definition) is 3. The molecule has 0 saturated carbocycles. The SMILES string of the molecule is C=CC(=O)Nc1cc(Nc2ncc(Cl)c(Nc3cccnc3S(=O)(=O)C(C)C)n2)c(OC)nc1N1CCN(C)CC1. The zero-order valence-electron chi connectivity index (χ0n) is 23.2. The molecule has 1 aliphatic heterocycles. The molecule has 3 aromatic heterocycles. The predicted octanol–water partition coefficient (Wildman–Crippen LogP) is 3.47. The molecular formula is C26H32ClN9O4S. The van der Waals surface area contributed by atoms with Crippen molar-refractivity contribution in [2.45, 2.75) is 24.1 Å². The van der Waals surface area contributed by atoms with Gasteiger partial charge in [-0.3, -0.25) is 4.79 Å². The number of aromatic nitrogens is 4. The number of nitrogens with zero attached hydrogens (tertiary/aromatic N) is 6. The fourth-order valence-corrected chi connectivity index (χ4v) is 5.18. The van der Waals surface area contributed by atoms with Gasteiger partial charge in [0.15, 0.2) is 26.5 Å². The molecule has 1 fully saturated rings. The molecule has 0 unspecified atom stereocenters. The van der Waals surface area contributed by atoms with Gasteiger partial charge in [-0.15, -0.1) is 0 Å². The molecule has 1 amide bonds. The van der Waals surface area contributed by atoms with Crippen LogP contribution in [-0.4, -0.2) is 84.7 Å². The largest absolute Gasteiger partial charge is 0.479 e. The summed E-state index contributed by atoms with van der Waals surface area (Å²) in [7, 11) is -0.158. The lowest BCUT2D eigenvalue weighted by Gasteiger charge is -2.34. The third-order valence-electron chi connectivity index (χ3n) is 6.31. The van der Waals surface area contributed by atoms with E-state index < -0.39 is 21.0 Å². The van der Waals surface area contributed by atoms with Crippen molar-refractivity contribution < 1.29 is 17.9 Å². The second kappa shape index (κ2) is 12.7. The van der Waals surface area contributed by atoms with Crippen molar-refractivity contribution in [3.05, 3.63) is 48.3 Å². The van der Waals surface area contributed by atoms with Crippen LogP contribution >= 0.6 is 11.6 Å². The number of halogens is 1. The van der Waals surface area contributed by atoms with E-state index in [0.29, 0.717) is 30.3 Å². The van der Waals surface area contributed by atoms with Gasteiger partial charge in [-0.25, -0.2) is 18.4 Å². The number of anilines is 6. The van der Waals surface area contributed by atoms with E-state index in [9.17, 15) is 13.2 Å². The number of pyridine rings is 2. The first-order valence-corrected chi connectivity index (χ1v) is 14.7. The number of likely N-dealkylation sites (N-methyl/N-ethyl adjacent to an activating group) is 1. The van der Waals surface area contributed by atoms with E-state index in [0.717, 1.165) is 13.1 Å². The summed E-state index contributed by atoms with van der Waals surface area (Å²) in [6.07, 6.45) is 3.95. The van der Waals surface area contributed by atoms with Crippen LogP contribution < -0.4 is 25.6 Å². The van der Waals surface area contributed by atoms with E-state index in [4.69, 9.17) is 16.3 Å². The summed E-state index contributed by atoms with van der Waals surface area (Å²) in [5.41, 5.74) is 1.05. The van der Waals surface area contributed by atoms with Gasteiger partial charge in [-0.05, 0) is 45.2 Å². The Morgan fingerprint density at radius 3 is 2.51 bits per heavy atom. The molecule has 0 radical (unpaired) electrons. The zero-order chi connectivity index (χ0) is 29.7. The maximum atomic E-state index is 12.9. The zero-order valence-corrected chi connectivity index (χ0v) is 24.8. The molecule has 3 N–H and O–H groups in total. The first kappa shape index (κ1) is 30.0. The number of rotatable bonds is 10. The Kier molecular flexibility index (Phi) is 9.25. The van der Waals surface area contributed by atoms with Gasteiger partial charge < -0.3 is 30.5 Å². The van der Waals surface area contributed by atoms with Crippen LogP contribution in [0.15, 0.2) is 48.3 Å². The van der Waals surface area contributed by atoms with Gasteiger partial charge in [-0.1, -0.05) is 18.2 Å². The summed E-state index contributed by atoms with van der Waals surface area (Å²) in [6, 6.07) is 4.86. The van der Waals surface area contributed by atoms with Gasteiger partial charge in [0.25, 0.3) is 0 Å². The highest BCUT2D eigenvalue weighted by Gasteiger charge is 2.26. The van der Waals surface area contributed by atoms with Crippen molar-refractivity contribution in [1.29, 1.82) is 0 Å². The van der Waals surface area contributed by atoms with Gasteiger partial charge in [-0.2, -0.15) is 9.97 Å². The third kappa shape index (κ3) is 6.84. The Bertz CT molecular complexity index is 1540. The number of methoxy groups -OCH3 is 1. The summed E-state index contributed by atoms with van der Waals surface area (Å²) in [5, 5.41) is 8.21. The summed E-state index contributed by atoms with van der Waals surface area (Å²) in [5.74, 6) is 0.684. The molecule has 4 heterocycles. The number of hydrogen-bond acceptors (Lipinski definition) is 12. The summed E-state index contributed by atoms with van der Waals surface area (Å²) >= 11 is 6.36. The fourth-order valence-electron chi connectivity index (χ4n) is 3.97. The summed E-state index contributed by atoms with van der Waals surface area (Å²) in [6.45, 7) is 9.81. The Morgan fingerprint density at radius 1 is 1.12 bits per heavy atom. The highest BCUT2D eigenvalue weighted by Crippen LogP contribution is 2.36. The summed E-state index contributed by atoms with van der Waals surface area (Å²) in [4.78, 5) is 34.0. The molecule has 41 heavy (non-hydrogen) atoms. The van der Waals surface area contributed by atoms with Crippen LogP contribution in [0.3, 0.4) is 0 Å². The van der Waals surface area contributed by atoms with E-state index in [-0.39, 0.29) is 33.4 Å². The first-order chi connectivity index (χ1) is 19.5. The third-order valence-corrected chi connectivity index (χ3v) is 8.69. The maximum absolute atomic E-state index is 12.9. The minimum Gasteiger partial charge on any atom is -0.479 e. The van der Waals surface area contributed by atoms with E-state index in [1.807, 2.05) is 7.05 Å². The van der Waals surface area contributed by atoms with E-state index >= 15 is 0 Å². The summed E-state index contributed by atoms with van der Waals surface area (Å²) < 4.78 is 31.3. The molecule has 4 rings (SSSR count). The number of amides is 1. The first-order valence-electron chi connectivity index (χ1n) is 12.7. The number of nitrogens with one attached hydrogen (secondary N) is 3. The van der Waals surface area contributed by atoms with Crippen molar-refractivity contribution in [3.63, 3.8) is 0 Å². The van der Waals surface area contributed by atoms with Crippen molar-refractivity contribution in [2.24, 2.45) is 0 Å². The molecule has 0 atom stereocenters. The van der Waals surface area contributed by atoms with Crippen molar-refractivity contribution in [1.82, 2.24) is 24.8 Å². The van der Waals surface area contributed by atoms with Gasteiger partial charge in [0.05, 0.1) is 29.9 Å². The van der Waals surface area contributed by atoms with Crippen LogP contribution in [-0.2, 0) is 14.6 Å². The Labute approximate surface area is 243 Å². The normalized spacial score (nSPS) is 14.0. The lowest BCUT2D eigenvalue weighted by Crippen LogP contribution is -2.45. The van der Waals surface area contributed by atoms with E-state index in [1.165, 1.54) is 25.6 Å². The van der Waals surface area contributed by atoms with Gasteiger partial charge >= 0.3 is 0 Å². The molecule has 13 nitrogen and oxygen atoms in total. The maximum Gasteiger partial charge on any atom is 0.247 e. The Morgan fingerprint density at radius 2 is 1.85 bits per heavy atom. The average molecular weight is 602 g/mol. The number of piperazine rings is 1. The molecule has 0 spiro atoms. The molecule has 0 aromatic carbocycles. The van der Waals surface area contributed by atoms with Gasteiger partial charge in [0, 0.05) is 32.4 Å². The Hall–Kier alpha value is -4.01. The minimum atomic E-state index is -3.69. The number of carbonyl (C=O) groups is 1. The van der Waals surface area contributed by atoms with Crippen molar-refractivity contribution in [3.8, 4) is 5.88 Å². The molecule has 218 valence electrons. The lowest BCUT2D eigenvalue weighted by molar-refractivity contribution is -0.111. The topological polar surface area (TPSA) is 155 Å². The monoisotopic (exact) mass is 601 g/mol. The second-order valence-corrected chi connectivity index (χ2v) is 12.3. The van der Waals surface area contributed by atoms with Crippen LogP contribution in [0.5, 0.6) is 5.88 Å². The molecule has 1 aliphatic rings. The highest BCUT2D eigenvalue weighted by molar-refractivity contribution is 7.92. The van der Waals surface area contributed by atoms with E-state index in [1.54, 1.807) is 32.0 Å². The molecule has 15 heteroatoms.